The first-order valence-electron chi connectivity index (χ1n) is 5.97. The molecule has 2 N–H and O–H groups in total. The number of nitrogens with two attached hydrogens (primary N) is 1. The van der Waals surface area contributed by atoms with Gasteiger partial charge in [0.15, 0.2) is 0 Å². The molecule has 6 nitrogen and oxygen atoms in total. The number of aromatic nitrogens is 3. The molecule has 2 heterocycles. The molecule has 0 fully saturated rings. The van der Waals surface area contributed by atoms with E-state index < -0.39 is 5.91 Å². The van der Waals surface area contributed by atoms with E-state index in [9.17, 15) is 4.79 Å². The number of rotatable bonds is 3. The minimum Gasteiger partial charge on any atom is -0.496 e. The smallest absolute Gasteiger partial charge is 0.252 e. The van der Waals surface area contributed by atoms with Crippen molar-refractivity contribution >= 4 is 11.7 Å². The van der Waals surface area contributed by atoms with Gasteiger partial charge in [-0.2, -0.15) is 0 Å². The van der Waals surface area contributed by atoms with E-state index in [1.54, 1.807) is 24.4 Å². The van der Waals surface area contributed by atoms with Crippen LogP contribution in [0.25, 0.3) is 17.0 Å². The minimum atomic E-state index is -0.523. The average Bonchev–Trinajstić information content (AvgIpc) is 2.90. The van der Waals surface area contributed by atoms with Gasteiger partial charge in [-0.25, -0.2) is 9.97 Å². The molecule has 1 amide bonds. The molecule has 2 aromatic heterocycles. The summed E-state index contributed by atoms with van der Waals surface area (Å²) in [5, 5.41) is 0. The van der Waals surface area contributed by atoms with Crippen LogP contribution in [-0.4, -0.2) is 27.4 Å². The van der Waals surface area contributed by atoms with Crippen molar-refractivity contribution in [3.8, 4) is 17.0 Å². The number of primary amides is 1. The number of benzene rings is 1. The number of carbonyl (C=O) groups is 1. The molecule has 0 bridgehead atoms. The van der Waals surface area contributed by atoms with Gasteiger partial charge in [0.05, 0.1) is 18.4 Å². The van der Waals surface area contributed by atoms with Crippen molar-refractivity contribution in [1.29, 1.82) is 0 Å². The second kappa shape index (κ2) is 4.65. The Bertz CT molecular complexity index is 762. The summed E-state index contributed by atoms with van der Waals surface area (Å²) < 4.78 is 7.02. The molecule has 0 aliphatic rings. The van der Waals surface area contributed by atoms with E-state index in [0.717, 1.165) is 11.3 Å². The highest BCUT2D eigenvalue weighted by Gasteiger charge is 2.12. The van der Waals surface area contributed by atoms with Crippen LogP contribution in [0, 0.1) is 0 Å². The molecule has 0 saturated carbocycles. The van der Waals surface area contributed by atoms with Crippen LogP contribution in [0.1, 0.15) is 10.4 Å². The standard InChI is InChI=1S/C14H12N4O2/c1-20-12-7-9(3-4-10(12)13(15)19)11-8-18-6-2-5-16-14(18)17-11/h2-8H,1H3,(H2,15,19). The predicted octanol–water partition coefficient (Wildman–Crippen LogP) is 1.50. The Morgan fingerprint density at radius 1 is 1.40 bits per heavy atom. The van der Waals surface area contributed by atoms with Crippen molar-refractivity contribution in [2.45, 2.75) is 0 Å². The van der Waals surface area contributed by atoms with Crippen molar-refractivity contribution in [3.63, 3.8) is 0 Å². The molecular formula is C14H12N4O2. The fourth-order valence-electron chi connectivity index (χ4n) is 2.02. The van der Waals surface area contributed by atoms with Gasteiger partial charge in [0.25, 0.3) is 5.91 Å². The molecule has 100 valence electrons. The molecule has 0 atom stereocenters. The molecule has 3 aromatic rings. The molecule has 0 aliphatic carbocycles. The maximum absolute atomic E-state index is 11.3. The Morgan fingerprint density at radius 2 is 2.25 bits per heavy atom. The van der Waals surface area contributed by atoms with E-state index >= 15 is 0 Å². The lowest BCUT2D eigenvalue weighted by Crippen LogP contribution is -2.12. The van der Waals surface area contributed by atoms with E-state index in [4.69, 9.17) is 10.5 Å². The summed E-state index contributed by atoms with van der Waals surface area (Å²) in [6, 6.07) is 6.98. The fraction of sp³-hybridized carbons (Fsp3) is 0.0714. The summed E-state index contributed by atoms with van der Waals surface area (Å²) in [5.74, 6) is 0.519. The first-order chi connectivity index (χ1) is 9.69. The summed E-state index contributed by atoms with van der Waals surface area (Å²) in [6.45, 7) is 0. The highest BCUT2D eigenvalue weighted by Crippen LogP contribution is 2.26. The Labute approximate surface area is 114 Å². The molecular weight excluding hydrogens is 256 g/mol. The van der Waals surface area contributed by atoms with Gasteiger partial charge < -0.3 is 10.5 Å². The molecule has 6 heteroatoms. The molecule has 20 heavy (non-hydrogen) atoms. The number of nitrogens with zero attached hydrogens (tertiary/aromatic N) is 3. The lowest BCUT2D eigenvalue weighted by Gasteiger charge is -2.06. The van der Waals surface area contributed by atoms with Crippen molar-refractivity contribution < 1.29 is 9.53 Å². The first-order valence-corrected chi connectivity index (χ1v) is 5.97. The van der Waals surface area contributed by atoms with Gasteiger partial charge in [0.1, 0.15) is 5.75 Å². The normalized spacial score (nSPS) is 10.7. The fourth-order valence-corrected chi connectivity index (χ4v) is 2.02. The highest BCUT2D eigenvalue weighted by atomic mass is 16.5. The monoisotopic (exact) mass is 268 g/mol. The Kier molecular flexibility index (Phi) is 2.83. The Balaban J connectivity index is 2.12. The van der Waals surface area contributed by atoms with Crippen molar-refractivity contribution in [2.75, 3.05) is 7.11 Å². The van der Waals surface area contributed by atoms with E-state index in [1.807, 2.05) is 22.9 Å². The third-order valence-electron chi connectivity index (χ3n) is 3.00. The lowest BCUT2D eigenvalue weighted by molar-refractivity contribution is 0.0997. The SMILES string of the molecule is COc1cc(-c2cn3cccnc3n2)ccc1C(N)=O. The molecule has 0 aliphatic heterocycles. The summed E-state index contributed by atoms with van der Waals surface area (Å²) >= 11 is 0. The van der Waals surface area contributed by atoms with Crippen LogP contribution < -0.4 is 10.5 Å². The molecule has 1 aromatic carbocycles. The number of fused-ring (bicyclic) bond motifs is 1. The Morgan fingerprint density at radius 3 is 2.95 bits per heavy atom. The van der Waals surface area contributed by atoms with Gasteiger partial charge in [-0.3, -0.25) is 9.20 Å². The number of amides is 1. The zero-order valence-electron chi connectivity index (χ0n) is 10.8. The maximum Gasteiger partial charge on any atom is 0.252 e. The molecule has 0 saturated heterocycles. The van der Waals surface area contributed by atoms with E-state index in [1.165, 1.54) is 7.11 Å². The predicted molar refractivity (Wildman–Crippen MR) is 73.5 cm³/mol. The summed E-state index contributed by atoms with van der Waals surface area (Å²) in [6.07, 6.45) is 5.41. The second-order valence-electron chi connectivity index (χ2n) is 4.23. The summed E-state index contributed by atoms with van der Waals surface area (Å²) in [4.78, 5) is 19.9. The molecule has 0 unspecified atom stereocenters. The highest BCUT2D eigenvalue weighted by molar-refractivity contribution is 5.96. The molecule has 0 radical (unpaired) electrons. The number of carbonyl (C=O) groups excluding carboxylic acids is 1. The number of hydrogen-bond donors (Lipinski definition) is 1. The zero-order chi connectivity index (χ0) is 14.1. The van der Waals surface area contributed by atoms with Crippen LogP contribution in [0.4, 0.5) is 0 Å². The number of methoxy groups -OCH3 is 1. The van der Waals surface area contributed by atoms with Crippen LogP contribution in [0.2, 0.25) is 0 Å². The van der Waals surface area contributed by atoms with Crippen molar-refractivity contribution in [1.82, 2.24) is 14.4 Å². The van der Waals surface area contributed by atoms with Gasteiger partial charge in [0.2, 0.25) is 5.78 Å². The molecule has 3 rings (SSSR count). The Hall–Kier alpha value is -2.89. The quantitative estimate of drug-likeness (QED) is 0.780. The van der Waals surface area contributed by atoms with Gasteiger partial charge in [-0.05, 0) is 18.2 Å². The van der Waals surface area contributed by atoms with Crippen molar-refractivity contribution in [2.24, 2.45) is 5.73 Å². The van der Waals surface area contributed by atoms with Crippen LogP contribution in [-0.2, 0) is 0 Å². The molecule has 0 spiro atoms. The van der Waals surface area contributed by atoms with Gasteiger partial charge >= 0.3 is 0 Å². The number of imidazole rings is 1. The first kappa shape index (κ1) is 12.2. The van der Waals surface area contributed by atoms with Gasteiger partial charge in [-0.15, -0.1) is 0 Å². The van der Waals surface area contributed by atoms with Crippen molar-refractivity contribution in [3.05, 3.63) is 48.4 Å². The topological polar surface area (TPSA) is 82.5 Å². The maximum atomic E-state index is 11.3. The van der Waals surface area contributed by atoms with E-state index in [-0.39, 0.29) is 0 Å². The van der Waals surface area contributed by atoms with Crippen LogP contribution >= 0.6 is 0 Å². The van der Waals surface area contributed by atoms with E-state index in [2.05, 4.69) is 9.97 Å². The van der Waals surface area contributed by atoms with Crippen LogP contribution in [0.5, 0.6) is 5.75 Å². The van der Waals surface area contributed by atoms with Gasteiger partial charge in [-0.1, -0.05) is 6.07 Å². The van der Waals surface area contributed by atoms with E-state index in [0.29, 0.717) is 17.1 Å². The van der Waals surface area contributed by atoms with Crippen LogP contribution in [0.3, 0.4) is 0 Å². The largest absolute Gasteiger partial charge is 0.496 e. The number of ether oxygens (including phenoxy) is 1. The van der Waals surface area contributed by atoms with Crippen LogP contribution in [0.15, 0.2) is 42.9 Å². The lowest BCUT2D eigenvalue weighted by atomic mass is 10.1. The third kappa shape index (κ3) is 1.97. The third-order valence-corrected chi connectivity index (χ3v) is 3.00. The zero-order valence-corrected chi connectivity index (χ0v) is 10.8. The average molecular weight is 268 g/mol. The minimum absolute atomic E-state index is 0.345. The second-order valence-corrected chi connectivity index (χ2v) is 4.23. The number of hydrogen-bond acceptors (Lipinski definition) is 4. The summed E-state index contributed by atoms with van der Waals surface area (Å²) in [5.41, 5.74) is 7.22. The summed E-state index contributed by atoms with van der Waals surface area (Å²) in [7, 11) is 1.50. The van der Waals surface area contributed by atoms with Gasteiger partial charge in [0, 0.05) is 24.2 Å².